The maximum Gasteiger partial charge on any atom is 0.163 e. The molecular formula is C24H22NO5-. The standard InChI is InChI=1S/C24H23NO5/c1-17(26)21-10-9-20(29-16-18-6-5-13-25-15-18)14-23(21)30-22(11-12-24(27)28)19-7-3-2-4-8-19/h2-10,13-15,22H,11-12,16H2,1H3,(H,27,28)/p-1. The third kappa shape index (κ3) is 5.91. The van der Waals surface area contributed by atoms with Gasteiger partial charge in [0.1, 0.15) is 24.2 Å². The van der Waals surface area contributed by atoms with E-state index in [-0.39, 0.29) is 18.6 Å². The van der Waals surface area contributed by atoms with Crippen LogP contribution in [0.1, 0.15) is 47.4 Å². The van der Waals surface area contributed by atoms with Gasteiger partial charge in [-0.3, -0.25) is 9.78 Å². The van der Waals surface area contributed by atoms with Crippen LogP contribution in [0.5, 0.6) is 11.5 Å². The number of nitrogens with zero attached hydrogens (tertiary/aromatic N) is 1. The maximum absolute atomic E-state index is 12.1. The average molecular weight is 404 g/mol. The molecule has 0 amide bonds. The van der Waals surface area contributed by atoms with Gasteiger partial charge in [0.15, 0.2) is 5.78 Å². The van der Waals surface area contributed by atoms with Gasteiger partial charge >= 0.3 is 0 Å². The molecule has 1 unspecified atom stereocenters. The first kappa shape index (κ1) is 21.0. The molecule has 0 radical (unpaired) electrons. The second-order valence-corrected chi connectivity index (χ2v) is 6.79. The zero-order valence-electron chi connectivity index (χ0n) is 16.6. The van der Waals surface area contributed by atoms with Crippen LogP contribution in [-0.2, 0) is 11.4 Å². The summed E-state index contributed by atoms with van der Waals surface area (Å²) in [7, 11) is 0. The zero-order chi connectivity index (χ0) is 21.3. The number of carboxylic acids is 1. The van der Waals surface area contributed by atoms with Gasteiger partial charge in [0, 0.05) is 30.0 Å². The Labute approximate surface area is 175 Å². The van der Waals surface area contributed by atoms with Crippen LogP contribution in [-0.4, -0.2) is 16.7 Å². The van der Waals surface area contributed by atoms with Gasteiger partial charge in [-0.15, -0.1) is 0 Å². The molecule has 3 aromatic rings. The number of ether oxygens (including phenoxy) is 2. The molecule has 0 N–H and O–H groups in total. The third-order valence-electron chi connectivity index (χ3n) is 4.51. The maximum atomic E-state index is 12.1. The van der Waals surface area contributed by atoms with Gasteiger partial charge in [0.2, 0.25) is 0 Å². The fourth-order valence-electron chi connectivity index (χ4n) is 2.99. The second kappa shape index (κ2) is 10.2. The quantitative estimate of drug-likeness (QED) is 0.481. The molecule has 0 saturated carbocycles. The smallest absolute Gasteiger partial charge is 0.163 e. The minimum atomic E-state index is -1.15. The molecule has 0 bridgehead atoms. The van der Waals surface area contributed by atoms with E-state index in [4.69, 9.17) is 9.47 Å². The SMILES string of the molecule is CC(=O)c1ccc(OCc2cccnc2)cc1OC(CCC(=O)[O-])c1ccccc1. The summed E-state index contributed by atoms with van der Waals surface area (Å²) in [5.41, 5.74) is 2.12. The average Bonchev–Trinajstić information content (AvgIpc) is 2.76. The van der Waals surface area contributed by atoms with Gasteiger partial charge < -0.3 is 19.4 Å². The van der Waals surface area contributed by atoms with Crippen molar-refractivity contribution in [3.8, 4) is 11.5 Å². The molecule has 0 fully saturated rings. The first-order chi connectivity index (χ1) is 14.5. The van der Waals surface area contributed by atoms with Gasteiger partial charge in [-0.25, -0.2) is 0 Å². The van der Waals surface area contributed by atoms with Crippen LogP contribution in [0.15, 0.2) is 73.1 Å². The summed E-state index contributed by atoms with van der Waals surface area (Å²) in [5.74, 6) is -0.431. The van der Waals surface area contributed by atoms with E-state index in [1.165, 1.54) is 6.92 Å². The number of hydrogen-bond acceptors (Lipinski definition) is 6. The minimum Gasteiger partial charge on any atom is -0.550 e. The summed E-state index contributed by atoms with van der Waals surface area (Å²) in [4.78, 5) is 27.2. The van der Waals surface area contributed by atoms with Crippen LogP contribution in [0.2, 0.25) is 0 Å². The van der Waals surface area contributed by atoms with Crippen molar-refractivity contribution in [1.82, 2.24) is 4.98 Å². The first-order valence-corrected chi connectivity index (χ1v) is 9.61. The Kier molecular flexibility index (Phi) is 7.16. The lowest BCUT2D eigenvalue weighted by atomic mass is 10.0. The Bertz CT molecular complexity index is 989. The highest BCUT2D eigenvalue weighted by atomic mass is 16.5. The molecule has 6 heteroatoms. The topological polar surface area (TPSA) is 88.6 Å². The highest BCUT2D eigenvalue weighted by molar-refractivity contribution is 5.97. The van der Waals surface area contributed by atoms with Crippen molar-refractivity contribution in [1.29, 1.82) is 0 Å². The molecule has 0 saturated heterocycles. The number of aromatic nitrogens is 1. The monoisotopic (exact) mass is 404 g/mol. The molecule has 0 spiro atoms. The molecule has 0 aliphatic rings. The van der Waals surface area contributed by atoms with Crippen molar-refractivity contribution in [3.05, 3.63) is 89.7 Å². The number of rotatable bonds is 10. The summed E-state index contributed by atoms with van der Waals surface area (Å²) in [6.07, 6.45) is 2.91. The lowest BCUT2D eigenvalue weighted by Crippen LogP contribution is -2.23. The number of aliphatic carboxylic acids is 1. The van der Waals surface area contributed by atoms with Crippen LogP contribution in [0.25, 0.3) is 0 Å². The summed E-state index contributed by atoms with van der Waals surface area (Å²) < 4.78 is 11.9. The number of carboxylic acid groups (broad SMARTS) is 1. The lowest BCUT2D eigenvalue weighted by Gasteiger charge is -2.22. The molecule has 0 aliphatic carbocycles. The van der Waals surface area contributed by atoms with E-state index in [2.05, 4.69) is 4.98 Å². The highest BCUT2D eigenvalue weighted by Crippen LogP contribution is 2.32. The molecule has 0 aliphatic heterocycles. The number of pyridine rings is 1. The van der Waals surface area contributed by atoms with Crippen LogP contribution in [0.4, 0.5) is 0 Å². The van der Waals surface area contributed by atoms with Crippen molar-refractivity contribution in [2.24, 2.45) is 0 Å². The number of hydrogen-bond donors (Lipinski definition) is 0. The number of ketones is 1. The van der Waals surface area contributed by atoms with Crippen molar-refractivity contribution in [3.63, 3.8) is 0 Å². The zero-order valence-corrected chi connectivity index (χ0v) is 16.6. The summed E-state index contributed by atoms with van der Waals surface area (Å²) in [6, 6.07) is 18.0. The molecule has 6 nitrogen and oxygen atoms in total. The van der Waals surface area contributed by atoms with Gasteiger partial charge in [-0.1, -0.05) is 36.4 Å². The van der Waals surface area contributed by atoms with Crippen molar-refractivity contribution in [2.75, 3.05) is 0 Å². The Balaban J connectivity index is 1.84. The summed E-state index contributed by atoms with van der Waals surface area (Å²) in [5, 5.41) is 11.0. The molecule has 1 aromatic heterocycles. The van der Waals surface area contributed by atoms with Crippen LogP contribution in [0.3, 0.4) is 0 Å². The lowest BCUT2D eigenvalue weighted by molar-refractivity contribution is -0.306. The minimum absolute atomic E-state index is 0.157. The molecule has 30 heavy (non-hydrogen) atoms. The van der Waals surface area contributed by atoms with E-state index >= 15 is 0 Å². The number of Topliss-reactive ketones (excluding diaryl/α,β-unsaturated/α-hetero) is 1. The molecule has 3 rings (SSSR count). The highest BCUT2D eigenvalue weighted by Gasteiger charge is 2.18. The van der Waals surface area contributed by atoms with Crippen molar-refractivity contribution in [2.45, 2.75) is 32.5 Å². The molecule has 2 aromatic carbocycles. The summed E-state index contributed by atoms with van der Waals surface area (Å²) >= 11 is 0. The van der Waals surface area contributed by atoms with Crippen molar-refractivity contribution < 1.29 is 24.2 Å². The van der Waals surface area contributed by atoms with E-state index < -0.39 is 12.1 Å². The van der Waals surface area contributed by atoms with E-state index in [9.17, 15) is 14.7 Å². The Morgan fingerprint density at radius 2 is 1.87 bits per heavy atom. The molecular weight excluding hydrogens is 382 g/mol. The van der Waals surface area contributed by atoms with Gasteiger partial charge in [0.25, 0.3) is 0 Å². The van der Waals surface area contributed by atoms with Crippen LogP contribution in [0, 0.1) is 0 Å². The first-order valence-electron chi connectivity index (χ1n) is 9.61. The van der Waals surface area contributed by atoms with Gasteiger partial charge in [-0.2, -0.15) is 0 Å². The number of carbonyl (C=O) groups is 2. The number of carbonyl (C=O) groups excluding carboxylic acids is 2. The summed E-state index contributed by atoms with van der Waals surface area (Å²) in [6.45, 7) is 1.77. The molecule has 1 heterocycles. The Hall–Kier alpha value is -3.67. The third-order valence-corrected chi connectivity index (χ3v) is 4.51. The van der Waals surface area contributed by atoms with Gasteiger partial charge in [0.05, 0.1) is 5.56 Å². The fraction of sp³-hybridized carbons (Fsp3) is 0.208. The van der Waals surface area contributed by atoms with E-state index in [0.29, 0.717) is 23.7 Å². The predicted molar refractivity (Wildman–Crippen MR) is 109 cm³/mol. The van der Waals surface area contributed by atoms with Crippen molar-refractivity contribution >= 4 is 11.8 Å². The van der Waals surface area contributed by atoms with Gasteiger partial charge in [-0.05, 0) is 43.5 Å². The largest absolute Gasteiger partial charge is 0.550 e. The van der Waals surface area contributed by atoms with E-state index in [1.54, 1.807) is 30.6 Å². The normalized spacial score (nSPS) is 11.5. The second-order valence-electron chi connectivity index (χ2n) is 6.79. The van der Waals surface area contributed by atoms with Crippen LogP contribution < -0.4 is 14.6 Å². The number of benzene rings is 2. The predicted octanol–water partition coefficient (Wildman–Crippen LogP) is 3.51. The fourth-order valence-corrected chi connectivity index (χ4v) is 2.99. The molecule has 154 valence electrons. The van der Waals surface area contributed by atoms with E-state index in [0.717, 1.165) is 11.1 Å². The Morgan fingerprint density at radius 1 is 1.07 bits per heavy atom. The van der Waals surface area contributed by atoms with E-state index in [1.807, 2.05) is 42.5 Å². The van der Waals surface area contributed by atoms with Crippen LogP contribution >= 0.6 is 0 Å². The Morgan fingerprint density at radius 3 is 2.53 bits per heavy atom. The molecule has 1 atom stereocenters.